The zero-order valence-corrected chi connectivity index (χ0v) is 13.2. The minimum Gasteiger partial charge on any atom is -0.334 e. The van der Waals surface area contributed by atoms with E-state index in [-0.39, 0.29) is 6.03 Å². The minimum atomic E-state index is 0.0491. The fourth-order valence-corrected chi connectivity index (χ4v) is 2.79. The monoisotopic (exact) mass is 293 g/mol. The number of amides is 2. The molecule has 1 aliphatic heterocycles. The molecule has 1 unspecified atom stereocenters. The molecule has 0 aromatic carbocycles. The molecular weight excluding hydrogens is 266 g/mol. The van der Waals surface area contributed by atoms with E-state index in [0.29, 0.717) is 12.6 Å². The van der Waals surface area contributed by atoms with Gasteiger partial charge in [0, 0.05) is 44.6 Å². The number of hydrogen-bond donors (Lipinski definition) is 1. The summed E-state index contributed by atoms with van der Waals surface area (Å²) in [4.78, 5) is 16.6. The molecular formula is C15H27N5O. The molecule has 1 aliphatic rings. The largest absolute Gasteiger partial charge is 0.334 e. The number of aromatic nitrogens is 2. The van der Waals surface area contributed by atoms with Gasteiger partial charge in [-0.2, -0.15) is 5.10 Å². The van der Waals surface area contributed by atoms with Crippen LogP contribution in [0.2, 0.25) is 0 Å². The van der Waals surface area contributed by atoms with E-state index < -0.39 is 0 Å². The van der Waals surface area contributed by atoms with Crippen LogP contribution in [0.25, 0.3) is 0 Å². The lowest BCUT2D eigenvalue weighted by Crippen LogP contribution is -2.46. The number of likely N-dealkylation sites (tertiary alicyclic amines) is 1. The van der Waals surface area contributed by atoms with Crippen molar-refractivity contribution >= 4 is 6.03 Å². The highest BCUT2D eigenvalue weighted by Crippen LogP contribution is 2.09. The molecule has 118 valence electrons. The molecule has 1 aromatic heterocycles. The molecule has 1 aromatic rings. The molecule has 2 heterocycles. The smallest absolute Gasteiger partial charge is 0.317 e. The molecule has 1 fully saturated rings. The lowest BCUT2D eigenvalue weighted by molar-refractivity contribution is 0.193. The fraction of sp³-hybridized carbons (Fsp3) is 0.733. The minimum absolute atomic E-state index is 0.0491. The van der Waals surface area contributed by atoms with Crippen molar-refractivity contribution in [2.45, 2.75) is 39.3 Å². The highest BCUT2D eigenvalue weighted by Gasteiger charge is 2.24. The average Bonchev–Trinajstić information content (AvgIpc) is 3.12. The van der Waals surface area contributed by atoms with E-state index in [0.717, 1.165) is 39.1 Å². The van der Waals surface area contributed by atoms with Gasteiger partial charge in [0.1, 0.15) is 0 Å². The van der Waals surface area contributed by atoms with E-state index in [9.17, 15) is 4.79 Å². The Kier molecular flexibility index (Phi) is 6.04. The zero-order chi connectivity index (χ0) is 15.1. The Balaban J connectivity index is 1.75. The van der Waals surface area contributed by atoms with Crippen LogP contribution >= 0.6 is 0 Å². The number of nitrogens with one attached hydrogen (secondary N) is 1. The second-order valence-electron chi connectivity index (χ2n) is 5.58. The number of urea groups is 1. The second-order valence-corrected chi connectivity index (χ2v) is 5.58. The topological polar surface area (TPSA) is 53.4 Å². The Bertz CT molecular complexity index is 420. The fourth-order valence-electron chi connectivity index (χ4n) is 2.79. The third-order valence-electron chi connectivity index (χ3n) is 3.97. The quantitative estimate of drug-likeness (QED) is 0.827. The number of carbonyl (C=O) groups excluding carboxylic acids is 1. The average molecular weight is 293 g/mol. The van der Waals surface area contributed by atoms with Crippen molar-refractivity contribution in [2.24, 2.45) is 0 Å². The molecule has 2 amide bonds. The van der Waals surface area contributed by atoms with Crippen LogP contribution in [0.5, 0.6) is 0 Å². The molecule has 1 saturated heterocycles. The lowest BCUT2D eigenvalue weighted by Gasteiger charge is -2.24. The van der Waals surface area contributed by atoms with Crippen molar-refractivity contribution in [2.75, 3.05) is 32.7 Å². The van der Waals surface area contributed by atoms with Crippen molar-refractivity contribution in [1.82, 2.24) is 24.9 Å². The van der Waals surface area contributed by atoms with Gasteiger partial charge in [0.25, 0.3) is 0 Å². The summed E-state index contributed by atoms with van der Waals surface area (Å²) in [5, 5.41) is 7.33. The van der Waals surface area contributed by atoms with Crippen LogP contribution in [0, 0.1) is 0 Å². The van der Waals surface area contributed by atoms with Crippen molar-refractivity contribution in [1.29, 1.82) is 0 Å². The summed E-state index contributed by atoms with van der Waals surface area (Å²) in [6.45, 7) is 9.56. The van der Waals surface area contributed by atoms with E-state index in [2.05, 4.69) is 22.2 Å². The summed E-state index contributed by atoms with van der Waals surface area (Å²) in [6, 6.07) is 2.24. The highest BCUT2D eigenvalue weighted by atomic mass is 16.2. The van der Waals surface area contributed by atoms with Crippen molar-refractivity contribution < 1.29 is 4.79 Å². The van der Waals surface area contributed by atoms with Crippen molar-refractivity contribution in [3.8, 4) is 0 Å². The van der Waals surface area contributed by atoms with Crippen LogP contribution < -0.4 is 5.32 Å². The molecule has 6 nitrogen and oxygen atoms in total. The molecule has 0 bridgehead atoms. The summed E-state index contributed by atoms with van der Waals surface area (Å²) in [5.74, 6) is 0. The number of hydrogen-bond acceptors (Lipinski definition) is 3. The van der Waals surface area contributed by atoms with Gasteiger partial charge in [0.2, 0.25) is 0 Å². The second kappa shape index (κ2) is 8.02. The number of rotatable bonds is 7. The van der Waals surface area contributed by atoms with E-state index in [1.54, 1.807) is 6.20 Å². The molecule has 2 rings (SSSR count). The number of likely N-dealkylation sites (N-methyl/N-ethyl adjacent to an activating group) is 1. The molecule has 1 atom stereocenters. The van der Waals surface area contributed by atoms with Crippen LogP contribution in [0.1, 0.15) is 26.7 Å². The first-order valence-electron chi connectivity index (χ1n) is 7.98. The maximum atomic E-state index is 12.3. The lowest BCUT2D eigenvalue weighted by atomic mass is 10.3. The standard InChI is InChI=1S/C15H27N5O/c1-3-8-18-10-6-14(13-18)17-15(21)19(4-2)11-12-20-9-5-7-16-20/h5,7,9,14H,3-4,6,8,10-13H2,1-2H3,(H,17,21). The van der Waals surface area contributed by atoms with Gasteiger partial charge in [0.15, 0.2) is 0 Å². The van der Waals surface area contributed by atoms with Crippen LogP contribution in [0.15, 0.2) is 18.5 Å². The molecule has 0 spiro atoms. The van der Waals surface area contributed by atoms with Gasteiger partial charge in [-0.1, -0.05) is 6.92 Å². The van der Waals surface area contributed by atoms with Crippen LogP contribution in [-0.4, -0.2) is 64.4 Å². The third kappa shape index (κ3) is 4.74. The summed E-state index contributed by atoms with van der Waals surface area (Å²) in [6.07, 6.45) is 5.91. The number of carbonyl (C=O) groups is 1. The van der Waals surface area contributed by atoms with Crippen LogP contribution in [0.3, 0.4) is 0 Å². The Morgan fingerprint density at radius 2 is 2.29 bits per heavy atom. The summed E-state index contributed by atoms with van der Waals surface area (Å²) in [7, 11) is 0. The SMILES string of the molecule is CCCN1CCC(NC(=O)N(CC)CCn2cccn2)C1. The van der Waals surface area contributed by atoms with Gasteiger partial charge in [-0.05, 0) is 32.4 Å². The van der Waals surface area contributed by atoms with E-state index in [1.165, 1.54) is 6.42 Å². The normalized spacial score (nSPS) is 18.9. The maximum Gasteiger partial charge on any atom is 0.317 e. The van der Waals surface area contributed by atoms with Crippen LogP contribution in [0.4, 0.5) is 4.79 Å². The predicted molar refractivity (Wildman–Crippen MR) is 83.1 cm³/mol. The summed E-state index contributed by atoms with van der Waals surface area (Å²) >= 11 is 0. The van der Waals surface area contributed by atoms with Gasteiger partial charge in [0.05, 0.1) is 6.54 Å². The molecule has 0 saturated carbocycles. The Morgan fingerprint density at radius 3 is 2.95 bits per heavy atom. The Hall–Kier alpha value is -1.56. The van der Waals surface area contributed by atoms with E-state index in [4.69, 9.17) is 0 Å². The first-order chi connectivity index (χ1) is 10.2. The molecule has 1 N–H and O–H groups in total. The predicted octanol–water partition coefficient (Wildman–Crippen LogP) is 1.40. The van der Waals surface area contributed by atoms with Gasteiger partial charge < -0.3 is 15.1 Å². The van der Waals surface area contributed by atoms with Gasteiger partial charge in [-0.25, -0.2) is 4.79 Å². The van der Waals surface area contributed by atoms with E-state index in [1.807, 2.05) is 28.8 Å². The third-order valence-corrected chi connectivity index (χ3v) is 3.97. The van der Waals surface area contributed by atoms with E-state index >= 15 is 0 Å². The Labute approximate surface area is 127 Å². The van der Waals surface area contributed by atoms with Crippen molar-refractivity contribution in [3.05, 3.63) is 18.5 Å². The molecule has 6 heteroatoms. The first-order valence-corrected chi connectivity index (χ1v) is 7.98. The first kappa shape index (κ1) is 15.8. The maximum absolute atomic E-state index is 12.3. The zero-order valence-electron chi connectivity index (χ0n) is 13.2. The summed E-state index contributed by atoms with van der Waals surface area (Å²) in [5.41, 5.74) is 0. The van der Waals surface area contributed by atoms with Crippen molar-refractivity contribution in [3.63, 3.8) is 0 Å². The van der Waals surface area contributed by atoms with Gasteiger partial charge in [-0.15, -0.1) is 0 Å². The van der Waals surface area contributed by atoms with Gasteiger partial charge >= 0.3 is 6.03 Å². The Morgan fingerprint density at radius 1 is 1.43 bits per heavy atom. The molecule has 0 aliphatic carbocycles. The molecule has 21 heavy (non-hydrogen) atoms. The highest BCUT2D eigenvalue weighted by molar-refractivity contribution is 5.74. The van der Waals surface area contributed by atoms with Gasteiger partial charge in [-0.3, -0.25) is 4.68 Å². The summed E-state index contributed by atoms with van der Waals surface area (Å²) < 4.78 is 1.86. The van der Waals surface area contributed by atoms with Crippen LogP contribution in [-0.2, 0) is 6.54 Å². The number of nitrogens with zero attached hydrogens (tertiary/aromatic N) is 4. The molecule has 0 radical (unpaired) electrons.